The van der Waals surface area contributed by atoms with Crippen LogP contribution in [0, 0.1) is 11.7 Å². The van der Waals surface area contributed by atoms with Crippen molar-refractivity contribution >= 4 is 0 Å². The summed E-state index contributed by atoms with van der Waals surface area (Å²) in [6.45, 7) is 2.61. The van der Waals surface area contributed by atoms with Gasteiger partial charge in [-0.15, -0.1) is 0 Å². The highest BCUT2D eigenvalue weighted by Gasteiger charge is 2.15. The number of hydrogen-bond donors (Lipinski definition) is 1. The van der Waals surface area contributed by atoms with Crippen LogP contribution in [0.25, 0.3) is 0 Å². The predicted octanol–water partition coefficient (Wildman–Crippen LogP) is 0.604. The van der Waals surface area contributed by atoms with Crippen molar-refractivity contribution < 1.29 is 9.13 Å². The predicted molar refractivity (Wildman–Crippen MR) is 48.5 cm³/mol. The van der Waals surface area contributed by atoms with E-state index in [2.05, 4.69) is 15.3 Å². The Labute approximate surface area is 81.5 Å². The Hall–Kier alpha value is -1.23. The summed E-state index contributed by atoms with van der Waals surface area (Å²) < 4.78 is 17.8. The van der Waals surface area contributed by atoms with E-state index in [1.165, 1.54) is 0 Å². The van der Waals surface area contributed by atoms with Crippen molar-refractivity contribution in [2.75, 3.05) is 19.7 Å². The van der Waals surface area contributed by atoms with Crippen LogP contribution in [0.1, 0.15) is 6.42 Å². The summed E-state index contributed by atoms with van der Waals surface area (Å²) in [5, 5.41) is 3.24. The van der Waals surface area contributed by atoms with Crippen molar-refractivity contribution in [1.29, 1.82) is 0 Å². The normalized spacial score (nSPS) is 21.1. The zero-order valence-electron chi connectivity index (χ0n) is 7.74. The van der Waals surface area contributed by atoms with Gasteiger partial charge in [-0.25, -0.2) is 14.4 Å². The first kappa shape index (κ1) is 9.33. The van der Waals surface area contributed by atoms with Crippen LogP contribution in [-0.4, -0.2) is 29.7 Å². The fourth-order valence-corrected chi connectivity index (χ4v) is 1.42. The minimum absolute atomic E-state index is 0.248. The van der Waals surface area contributed by atoms with Crippen LogP contribution < -0.4 is 10.1 Å². The smallest absolute Gasteiger partial charge is 0.316 e. The van der Waals surface area contributed by atoms with Crippen LogP contribution in [0.4, 0.5) is 4.39 Å². The molecule has 1 aliphatic rings. The van der Waals surface area contributed by atoms with Gasteiger partial charge in [-0.1, -0.05) is 0 Å². The number of halogens is 1. The maximum absolute atomic E-state index is 12.4. The SMILES string of the molecule is Fc1cnc(OC[C@H]2CCNC2)nc1. The van der Waals surface area contributed by atoms with Crippen LogP contribution >= 0.6 is 0 Å². The van der Waals surface area contributed by atoms with Gasteiger partial charge >= 0.3 is 6.01 Å². The van der Waals surface area contributed by atoms with Crippen molar-refractivity contribution in [3.8, 4) is 6.01 Å². The average Bonchev–Trinajstić information content (AvgIpc) is 2.70. The Morgan fingerprint density at radius 3 is 2.93 bits per heavy atom. The molecule has 1 fully saturated rings. The van der Waals surface area contributed by atoms with Crippen molar-refractivity contribution in [3.05, 3.63) is 18.2 Å². The Morgan fingerprint density at radius 2 is 2.29 bits per heavy atom. The highest BCUT2D eigenvalue weighted by atomic mass is 19.1. The second-order valence-electron chi connectivity index (χ2n) is 3.35. The van der Waals surface area contributed by atoms with Crippen LogP contribution in [-0.2, 0) is 0 Å². The van der Waals surface area contributed by atoms with Gasteiger partial charge in [0.25, 0.3) is 0 Å². The molecule has 76 valence electrons. The summed E-state index contributed by atoms with van der Waals surface area (Å²) in [5.41, 5.74) is 0. The second-order valence-corrected chi connectivity index (χ2v) is 3.35. The summed E-state index contributed by atoms with van der Waals surface area (Å²) >= 11 is 0. The third-order valence-electron chi connectivity index (χ3n) is 2.21. The summed E-state index contributed by atoms with van der Waals surface area (Å²) in [7, 11) is 0. The van der Waals surface area contributed by atoms with E-state index in [9.17, 15) is 4.39 Å². The van der Waals surface area contributed by atoms with Gasteiger partial charge in [0.05, 0.1) is 19.0 Å². The molecule has 0 aliphatic carbocycles. The molecule has 2 rings (SSSR count). The molecule has 0 saturated carbocycles. The molecule has 0 bridgehead atoms. The highest BCUT2D eigenvalue weighted by Crippen LogP contribution is 2.09. The minimum atomic E-state index is -0.445. The van der Waals surface area contributed by atoms with E-state index < -0.39 is 5.82 Å². The molecule has 0 spiro atoms. The fraction of sp³-hybridized carbons (Fsp3) is 0.556. The van der Waals surface area contributed by atoms with Gasteiger partial charge < -0.3 is 10.1 Å². The summed E-state index contributed by atoms with van der Waals surface area (Å²) in [4.78, 5) is 7.42. The lowest BCUT2D eigenvalue weighted by atomic mass is 10.1. The first-order valence-corrected chi connectivity index (χ1v) is 4.65. The number of ether oxygens (including phenoxy) is 1. The number of rotatable bonds is 3. The summed E-state index contributed by atoms with van der Waals surface area (Å²) in [6.07, 6.45) is 3.33. The van der Waals surface area contributed by atoms with E-state index in [0.29, 0.717) is 12.5 Å². The average molecular weight is 197 g/mol. The lowest BCUT2D eigenvalue weighted by Crippen LogP contribution is -2.16. The Bertz CT molecular complexity index is 285. The van der Waals surface area contributed by atoms with Crippen LogP contribution in [0.15, 0.2) is 12.4 Å². The Kier molecular flexibility index (Phi) is 2.88. The molecule has 14 heavy (non-hydrogen) atoms. The lowest BCUT2D eigenvalue weighted by molar-refractivity contribution is 0.240. The van der Waals surface area contributed by atoms with Gasteiger partial charge in [0.2, 0.25) is 0 Å². The van der Waals surface area contributed by atoms with E-state index in [1.54, 1.807) is 0 Å². The standard InChI is InChI=1S/C9H12FN3O/c10-8-4-12-9(13-5-8)14-6-7-1-2-11-3-7/h4-5,7,11H,1-3,6H2/t7-/m0/s1. The van der Waals surface area contributed by atoms with E-state index in [0.717, 1.165) is 31.9 Å². The van der Waals surface area contributed by atoms with Gasteiger partial charge in [0.1, 0.15) is 0 Å². The second kappa shape index (κ2) is 4.32. The monoisotopic (exact) mass is 197 g/mol. The van der Waals surface area contributed by atoms with Gasteiger partial charge in [0, 0.05) is 12.5 Å². The molecule has 1 atom stereocenters. The molecule has 5 heteroatoms. The molecule has 2 heterocycles. The molecular formula is C9H12FN3O. The van der Waals surface area contributed by atoms with Crippen molar-refractivity contribution in [1.82, 2.24) is 15.3 Å². The number of nitrogens with zero attached hydrogens (tertiary/aromatic N) is 2. The molecule has 1 aromatic heterocycles. The maximum Gasteiger partial charge on any atom is 0.316 e. The first-order chi connectivity index (χ1) is 6.84. The molecule has 4 nitrogen and oxygen atoms in total. The third-order valence-corrected chi connectivity index (χ3v) is 2.21. The Balaban J connectivity index is 1.82. The van der Waals surface area contributed by atoms with Crippen LogP contribution in [0.5, 0.6) is 6.01 Å². The Morgan fingerprint density at radius 1 is 1.50 bits per heavy atom. The molecule has 0 aromatic carbocycles. The number of hydrogen-bond acceptors (Lipinski definition) is 4. The van der Waals surface area contributed by atoms with Gasteiger partial charge in [-0.05, 0) is 13.0 Å². The number of nitrogens with one attached hydrogen (secondary N) is 1. The molecule has 0 amide bonds. The van der Waals surface area contributed by atoms with Gasteiger partial charge in [-0.2, -0.15) is 0 Å². The molecule has 0 radical (unpaired) electrons. The molecule has 0 unspecified atom stereocenters. The van der Waals surface area contributed by atoms with E-state index >= 15 is 0 Å². The van der Waals surface area contributed by atoms with Gasteiger partial charge in [0.15, 0.2) is 5.82 Å². The highest BCUT2D eigenvalue weighted by molar-refractivity contribution is 4.95. The zero-order valence-corrected chi connectivity index (χ0v) is 7.74. The minimum Gasteiger partial charge on any atom is -0.463 e. The maximum atomic E-state index is 12.4. The van der Waals surface area contributed by atoms with E-state index in [1.807, 2.05) is 0 Å². The number of aromatic nitrogens is 2. The van der Waals surface area contributed by atoms with Crippen molar-refractivity contribution in [2.45, 2.75) is 6.42 Å². The van der Waals surface area contributed by atoms with Crippen molar-refractivity contribution in [2.24, 2.45) is 5.92 Å². The molecule has 1 saturated heterocycles. The molecule has 1 aliphatic heterocycles. The summed E-state index contributed by atoms with van der Waals surface area (Å²) in [5.74, 6) is 0.0727. The lowest BCUT2D eigenvalue weighted by Gasteiger charge is -2.08. The molecule has 1 aromatic rings. The molecule has 1 N–H and O–H groups in total. The zero-order chi connectivity index (χ0) is 9.80. The largest absolute Gasteiger partial charge is 0.463 e. The van der Waals surface area contributed by atoms with Crippen LogP contribution in [0.2, 0.25) is 0 Å². The first-order valence-electron chi connectivity index (χ1n) is 4.65. The fourth-order valence-electron chi connectivity index (χ4n) is 1.42. The molecular weight excluding hydrogens is 185 g/mol. The van der Waals surface area contributed by atoms with E-state index in [4.69, 9.17) is 4.74 Å². The van der Waals surface area contributed by atoms with Gasteiger partial charge in [-0.3, -0.25) is 0 Å². The van der Waals surface area contributed by atoms with E-state index in [-0.39, 0.29) is 6.01 Å². The topological polar surface area (TPSA) is 47.0 Å². The van der Waals surface area contributed by atoms with Crippen molar-refractivity contribution in [3.63, 3.8) is 0 Å². The third kappa shape index (κ3) is 2.38. The van der Waals surface area contributed by atoms with Crippen LogP contribution in [0.3, 0.4) is 0 Å². The quantitative estimate of drug-likeness (QED) is 0.771. The summed E-state index contributed by atoms with van der Waals surface area (Å²) in [6, 6.07) is 0.248.